The highest BCUT2D eigenvalue weighted by molar-refractivity contribution is 5.89. The number of likely N-dealkylation sites (N-methyl/N-ethyl adjacent to an activating group) is 1. The number of nitrogens with two attached hydrogens (primary N) is 1. The summed E-state index contributed by atoms with van der Waals surface area (Å²) in [4.78, 5) is 44.4. The molecule has 2 saturated heterocycles. The first-order valence-corrected chi connectivity index (χ1v) is 8.65. The molecule has 2 aliphatic heterocycles. The van der Waals surface area contributed by atoms with Crippen LogP contribution in [0.5, 0.6) is 0 Å². The second kappa shape index (κ2) is 6.51. The second-order valence-electron chi connectivity index (χ2n) is 6.77. The smallest absolute Gasteiger partial charge is 0.331 e. The Morgan fingerprint density at radius 2 is 1.96 bits per heavy atom. The molecule has 1 unspecified atom stereocenters. The molecule has 0 radical (unpaired) electrons. The molecule has 0 bridgehead atoms. The van der Waals surface area contributed by atoms with Crippen molar-refractivity contribution in [1.82, 2.24) is 24.8 Å². The van der Waals surface area contributed by atoms with Gasteiger partial charge in [0, 0.05) is 25.2 Å². The summed E-state index contributed by atoms with van der Waals surface area (Å²) in [6, 6.07) is 9.00. The molecule has 0 aliphatic carbocycles. The summed E-state index contributed by atoms with van der Waals surface area (Å²) in [6.45, 7) is 0.488. The van der Waals surface area contributed by atoms with E-state index in [9.17, 15) is 14.4 Å². The number of carbonyl (C=O) groups excluding carboxylic acids is 3. The number of para-hydroxylation sites is 1. The average Bonchev–Trinajstić information content (AvgIpc) is 2.63. The van der Waals surface area contributed by atoms with Crippen LogP contribution in [-0.2, 0) is 16.1 Å². The Hall–Kier alpha value is -3.20. The van der Waals surface area contributed by atoms with Gasteiger partial charge in [0.25, 0.3) is 0 Å². The number of fused-ring (bicyclic) bond motifs is 2. The summed E-state index contributed by atoms with van der Waals surface area (Å²) in [5, 5.41) is 3.83. The number of hydrogen-bond acceptors (Lipinski definition) is 5. The van der Waals surface area contributed by atoms with Crippen LogP contribution in [0.15, 0.2) is 36.5 Å². The molecule has 9 nitrogen and oxygen atoms in total. The molecule has 2 N–H and O–H groups in total. The second-order valence-corrected chi connectivity index (χ2v) is 6.77. The third kappa shape index (κ3) is 2.95. The van der Waals surface area contributed by atoms with Crippen molar-refractivity contribution in [2.45, 2.75) is 12.7 Å². The van der Waals surface area contributed by atoms with Crippen LogP contribution in [0, 0.1) is 0 Å². The van der Waals surface area contributed by atoms with Crippen molar-refractivity contribution in [1.29, 1.82) is 0 Å². The number of hydrazine groups is 1. The SMILES string of the molecule is CN1CC(=O)N2CC(=O)N(Cc3cccc4cccnc34)CC2N1C(N)=O. The van der Waals surface area contributed by atoms with Gasteiger partial charge in [0.2, 0.25) is 11.8 Å². The van der Waals surface area contributed by atoms with Crippen LogP contribution >= 0.6 is 0 Å². The average molecular weight is 368 g/mol. The molecule has 1 atom stereocenters. The molecular weight excluding hydrogens is 348 g/mol. The van der Waals surface area contributed by atoms with Crippen molar-refractivity contribution in [3.05, 3.63) is 42.1 Å². The maximum absolute atomic E-state index is 12.7. The van der Waals surface area contributed by atoms with E-state index in [1.54, 1.807) is 18.1 Å². The summed E-state index contributed by atoms with van der Waals surface area (Å²) in [5.74, 6) is -0.360. The molecule has 2 aliphatic rings. The van der Waals surface area contributed by atoms with Crippen molar-refractivity contribution in [2.75, 3.05) is 26.7 Å². The largest absolute Gasteiger partial charge is 0.350 e. The molecule has 27 heavy (non-hydrogen) atoms. The van der Waals surface area contributed by atoms with Crippen LogP contribution in [0.4, 0.5) is 4.79 Å². The maximum Gasteiger partial charge on any atom is 0.331 e. The van der Waals surface area contributed by atoms with Gasteiger partial charge in [0.15, 0.2) is 0 Å². The van der Waals surface area contributed by atoms with Gasteiger partial charge in [-0.3, -0.25) is 14.6 Å². The molecule has 3 heterocycles. The number of pyridine rings is 1. The van der Waals surface area contributed by atoms with E-state index in [1.165, 1.54) is 14.9 Å². The first kappa shape index (κ1) is 17.2. The Balaban J connectivity index is 1.63. The standard InChI is InChI=1S/C18H20N6O3/c1-21-10-16(26)23-11-15(25)22(9-14(23)24(21)18(19)27)8-13-5-2-4-12-6-3-7-20-17(12)13/h2-7,14H,8-11H2,1H3,(H2,19,27). The molecule has 4 amide bonds. The first-order valence-electron chi connectivity index (χ1n) is 8.65. The topological polar surface area (TPSA) is 103 Å². The molecule has 0 spiro atoms. The number of piperazine rings is 1. The number of amides is 4. The Kier molecular flexibility index (Phi) is 4.15. The summed E-state index contributed by atoms with van der Waals surface area (Å²) >= 11 is 0. The molecule has 1 aromatic carbocycles. The van der Waals surface area contributed by atoms with E-state index in [1.807, 2.05) is 30.3 Å². The number of benzene rings is 1. The number of rotatable bonds is 2. The van der Waals surface area contributed by atoms with Crippen LogP contribution in [-0.4, -0.2) is 75.5 Å². The fraction of sp³-hybridized carbons (Fsp3) is 0.333. The van der Waals surface area contributed by atoms with E-state index in [0.29, 0.717) is 6.54 Å². The Bertz CT molecular complexity index is 927. The van der Waals surface area contributed by atoms with Crippen LogP contribution in [0.3, 0.4) is 0 Å². The molecule has 9 heteroatoms. The summed E-state index contributed by atoms with van der Waals surface area (Å²) in [7, 11) is 1.63. The fourth-order valence-electron chi connectivity index (χ4n) is 3.77. The van der Waals surface area contributed by atoms with Crippen molar-refractivity contribution >= 4 is 28.7 Å². The minimum Gasteiger partial charge on any atom is -0.350 e. The summed E-state index contributed by atoms with van der Waals surface area (Å²) in [5.41, 5.74) is 7.26. The number of nitrogens with zero attached hydrogens (tertiary/aromatic N) is 5. The van der Waals surface area contributed by atoms with Gasteiger partial charge in [-0.15, -0.1) is 0 Å². The predicted molar refractivity (Wildman–Crippen MR) is 96.7 cm³/mol. The number of aromatic nitrogens is 1. The van der Waals surface area contributed by atoms with Crippen molar-refractivity contribution in [3.63, 3.8) is 0 Å². The minimum absolute atomic E-state index is 0.0139. The van der Waals surface area contributed by atoms with Crippen molar-refractivity contribution in [2.24, 2.45) is 5.73 Å². The number of carbonyl (C=O) groups is 3. The van der Waals surface area contributed by atoms with E-state index in [4.69, 9.17) is 5.73 Å². The van der Waals surface area contributed by atoms with E-state index in [2.05, 4.69) is 4.98 Å². The lowest BCUT2D eigenvalue weighted by Crippen LogP contribution is -2.72. The van der Waals surface area contributed by atoms with Crippen LogP contribution in [0.2, 0.25) is 0 Å². The highest BCUT2D eigenvalue weighted by Gasteiger charge is 2.45. The molecule has 0 saturated carbocycles. The lowest BCUT2D eigenvalue weighted by molar-refractivity contribution is -0.178. The lowest BCUT2D eigenvalue weighted by Gasteiger charge is -2.51. The van der Waals surface area contributed by atoms with E-state index in [-0.39, 0.29) is 31.4 Å². The first-order chi connectivity index (χ1) is 13.0. The van der Waals surface area contributed by atoms with E-state index < -0.39 is 12.2 Å². The van der Waals surface area contributed by atoms with Gasteiger partial charge in [0.1, 0.15) is 12.7 Å². The van der Waals surface area contributed by atoms with Gasteiger partial charge in [-0.05, 0) is 11.6 Å². The van der Waals surface area contributed by atoms with Gasteiger partial charge in [0.05, 0.1) is 18.6 Å². The monoisotopic (exact) mass is 368 g/mol. The van der Waals surface area contributed by atoms with Gasteiger partial charge < -0.3 is 15.5 Å². The maximum atomic E-state index is 12.7. The summed E-state index contributed by atoms with van der Waals surface area (Å²) < 4.78 is 0. The van der Waals surface area contributed by atoms with Crippen LogP contribution < -0.4 is 5.73 Å². The zero-order chi connectivity index (χ0) is 19.1. The van der Waals surface area contributed by atoms with Gasteiger partial charge in [-0.1, -0.05) is 24.3 Å². The molecule has 140 valence electrons. The molecule has 2 aromatic rings. The zero-order valence-electron chi connectivity index (χ0n) is 14.9. The van der Waals surface area contributed by atoms with Crippen molar-refractivity contribution in [3.8, 4) is 0 Å². The van der Waals surface area contributed by atoms with Crippen LogP contribution in [0.25, 0.3) is 10.9 Å². The third-order valence-corrected chi connectivity index (χ3v) is 5.04. The number of primary amides is 1. The molecule has 4 rings (SSSR count). The fourth-order valence-corrected chi connectivity index (χ4v) is 3.77. The molecular formula is C18H20N6O3. The van der Waals surface area contributed by atoms with Gasteiger partial charge in [-0.2, -0.15) is 0 Å². The number of hydrogen-bond donors (Lipinski definition) is 1. The minimum atomic E-state index is -0.652. The third-order valence-electron chi connectivity index (χ3n) is 5.04. The normalized spacial score (nSPS) is 20.9. The van der Waals surface area contributed by atoms with E-state index >= 15 is 0 Å². The quantitative estimate of drug-likeness (QED) is 0.802. The zero-order valence-corrected chi connectivity index (χ0v) is 14.9. The lowest BCUT2D eigenvalue weighted by atomic mass is 10.1. The Labute approximate surface area is 155 Å². The van der Waals surface area contributed by atoms with Crippen molar-refractivity contribution < 1.29 is 14.4 Å². The van der Waals surface area contributed by atoms with Gasteiger partial charge >= 0.3 is 6.03 Å². The highest BCUT2D eigenvalue weighted by atomic mass is 16.2. The predicted octanol–water partition coefficient (Wildman–Crippen LogP) is -0.0272. The number of urea groups is 1. The Morgan fingerprint density at radius 1 is 1.19 bits per heavy atom. The molecule has 2 fully saturated rings. The van der Waals surface area contributed by atoms with E-state index in [0.717, 1.165) is 16.5 Å². The highest BCUT2D eigenvalue weighted by Crippen LogP contribution is 2.24. The molecule has 1 aromatic heterocycles. The van der Waals surface area contributed by atoms with Crippen LogP contribution in [0.1, 0.15) is 5.56 Å². The Morgan fingerprint density at radius 3 is 2.74 bits per heavy atom. The summed E-state index contributed by atoms with van der Waals surface area (Å²) in [6.07, 6.45) is 1.12. The van der Waals surface area contributed by atoms with Gasteiger partial charge in [-0.25, -0.2) is 14.8 Å².